The average Bonchev–Trinajstić information content (AvgIpc) is 3.16. The number of aromatic nitrogens is 4. The van der Waals surface area contributed by atoms with Crippen molar-refractivity contribution < 1.29 is 0 Å². The smallest absolute Gasteiger partial charge is 0.165 e. The second kappa shape index (κ2) is 5.68. The molecule has 1 heterocycles. The number of benzene rings is 1. The Morgan fingerprint density at radius 3 is 2.85 bits per heavy atom. The summed E-state index contributed by atoms with van der Waals surface area (Å²) in [5.41, 5.74) is 1.01. The number of nitrogens with zero attached hydrogens (tertiary/aromatic N) is 5. The van der Waals surface area contributed by atoms with Crippen LogP contribution in [0.25, 0.3) is 0 Å². The van der Waals surface area contributed by atoms with Crippen molar-refractivity contribution in [1.82, 2.24) is 25.1 Å². The first kappa shape index (κ1) is 13.8. The van der Waals surface area contributed by atoms with Gasteiger partial charge in [-0.05, 0) is 41.9 Å². The lowest BCUT2D eigenvalue weighted by Gasteiger charge is -2.17. The SMILES string of the molecule is CN(Cc1cccc(Cl)c1Cl)Cc1nnnn1C1CC1. The molecule has 1 aliphatic carbocycles. The molecular formula is C13H15Cl2N5. The lowest BCUT2D eigenvalue weighted by molar-refractivity contribution is 0.302. The van der Waals surface area contributed by atoms with E-state index in [0.717, 1.165) is 11.4 Å². The second-order valence-electron chi connectivity index (χ2n) is 5.16. The largest absolute Gasteiger partial charge is 0.295 e. The van der Waals surface area contributed by atoms with E-state index in [1.807, 2.05) is 23.9 Å². The third-order valence-corrected chi connectivity index (χ3v) is 4.19. The summed E-state index contributed by atoms with van der Waals surface area (Å²) in [6, 6.07) is 6.17. The summed E-state index contributed by atoms with van der Waals surface area (Å²) in [6.45, 7) is 1.39. The zero-order chi connectivity index (χ0) is 14.1. The van der Waals surface area contributed by atoms with Crippen LogP contribution in [0.5, 0.6) is 0 Å². The summed E-state index contributed by atoms with van der Waals surface area (Å²) < 4.78 is 1.93. The maximum Gasteiger partial charge on any atom is 0.165 e. The topological polar surface area (TPSA) is 46.8 Å². The van der Waals surface area contributed by atoms with Crippen molar-refractivity contribution in [3.8, 4) is 0 Å². The summed E-state index contributed by atoms with van der Waals surface area (Å²) in [5.74, 6) is 0.896. The van der Waals surface area contributed by atoms with Crippen molar-refractivity contribution in [3.63, 3.8) is 0 Å². The molecule has 2 aromatic rings. The Kier molecular flexibility index (Phi) is 3.92. The van der Waals surface area contributed by atoms with E-state index < -0.39 is 0 Å². The lowest BCUT2D eigenvalue weighted by atomic mass is 10.2. The fourth-order valence-electron chi connectivity index (χ4n) is 2.18. The van der Waals surface area contributed by atoms with Crippen LogP contribution in [-0.4, -0.2) is 32.2 Å². The zero-order valence-corrected chi connectivity index (χ0v) is 12.6. The van der Waals surface area contributed by atoms with Crippen molar-refractivity contribution in [2.24, 2.45) is 0 Å². The highest BCUT2D eigenvalue weighted by molar-refractivity contribution is 6.42. The highest BCUT2D eigenvalue weighted by Crippen LogP contribution is 2.34. The molecule has 0 N–H and O–H groups in total. The molecule has 5 nitrogen and oxygen atoms in total. The van der Waals surface area contributed by atoms with Gasteiger partial charge in [0.1, 0.15) is 0 Å². The molecule has 0 bridgehead atoms. The van der Waals surface area contributed by atoms with Gasteiger partial charge in [-0.25, -0.2) is 4.68 Å². The minimum atomic E-state index is 0.489. The first-order chi connectivity index (χ1) is 9.65. The van der Waals surface area contributed by atoms with Crippen molar-refractivity contribution in [3.05, 3.63) is 39.6 Å². The Balaban J connectivity index is 1.68. The Morgan fingerprint density at radius 1 is 1.30 bits per heavy atom. The highest BCUT2D eigenvalue weighted by atomic mass is 35.5. The molecule has 0 atom stereocenters. The van der Waals surface area contributed by atoms with Gasteiger partial charge in [0.2, 0.25) is 0 Å². The molecule has 1 saturated carbocycles. The van der Waals surface area contributed by atoms with Gasteiger partial charge in [0.05, 0.1) is 22.6 Å². The second-order valence-corrected chi connectivity index (χ2v) is 5.94. The third kappa shape index (κ3) is 2.95. The summed E-state index contributed by atoms with van der Waals surface area (Å²) in [7, 11) is 2.02. The first-order valence-corrected chi connectivity index (χ1v) is 7.29. The van der Waals surface area contributed by atoms with Crippen LogP contribution >= 0.6 is 23.2 Å². The molecule has 1 aromatic heterocycles. The van der Waals surface area contributed by atoms with Crippen molar-refractivity contribution in [1.29, 1.82) is 0 Å². The van der Waals surface area contributed by atoms with E-state index in [0.29, 0.717) is 29.2 Å². The monoisotopic (exact) mass is 311 g/mol. The van der Waals surface area contributed by atoms with Gasteiger partial charge in [0, 0.05) is 6.54 Å². The van der Waals surface area contributed by atoms with Crippen molar-refractivity contribution in [2.45, 2.75) is 32.0 Å². The standard InChI is InChI=1S/C13H15Cl2N5/c1-19(7-9-3-2-4-11(14)13(9)15)8-12-16-17-18-20(12)10-5-6-10/h2-4,10H,5-8H2,1H3. The molecule has 0 unspecified atom stereocenters. The molecule has 3 rings (SSSR count). The summed E-state index contributed by atoms with van der Waals surface area (Å²) in [4.78, 5) is 2.13. The number of hydrogen-bond acceptors (Lipinski definition) is 4. The molecule has 106 valence electrons. The fourth-order valence-corrected chi connectivity index (χ4v) is 2.56. The Hall–Kier alpha value is -1.17. The number of tetrazole rings is 1. The molecule has 0 radical (unpaired) electrons. The van der Waals surface area contributed by atoms with Crippen molar-refractivity contribution >= 4 is 23.2 Å². The van der Waals surface area contributed by atoms with Gasteiger partial charge in [0.25, 0.3) is 0 Å². The third-order valence-electron chi connectivity index (χ3n) is 3.34. The first-order valence-electron chi connectivity index (χ1n) is 6.53. The molecule has 0 amide bonds. The van der Waals surface area contributed by atoms with Gasteiger partial charge < -0.3 is 0 Å². The van der Waals surface area contributed by atoms with Gasteiger partial charge in [0.15, 0.2) is 5.82 Å². The summed E-state index contributed by atoms with van der Waals surface area (Å²) in [6.07, 6.45) is 2.34. The Bertz CT molecular complexity index is 609. The molecule has 20 heavy (non-hydrogen) atoms. The Labute approximate surface area is 127 Å². The van der Waals surface area contributed by atoms with Crippen LogP contribution in [0.3, 0.4) is 0 Å². The molecule has 0 aliphatic heterocycles. The van der Waals surface area contributed by atoms with Crippen LogP contribution in [0.15, 0.2) is 18.2 Å². The van der Waals surface area contributed by atoms with E-state index in [4.69, 9.17) is 23.2 Å². The summed E-state index contributed by atoms with van der Waals surface area (Å²) in [5, 5.41) is 13.1. The van der Waals surface area contributed by atoms with Crippen LogP contribution in [0.2, 0.25) is 10.0 Å². The fraction of sp³-hybridized carbons (Fsp3) is 0.462. The molecule has 0 spiro atoms. The van der Waals surface area contributed by atoms with Crippen LogP contribution in [0.4, 0.5) is 0 Å². The highest BCUT2D eigenvalue weighted by Gasteiger charge is 2.27. The predicted molar refractivity (Wildman–Crippen MR) is 77.7 cm³/mol. The maximum absolute atomic E-state index is 6.21. The van der Waals surface area contributed by atoms with Crippen molar-refractivity contribution in [2.75, 3.05) is 7.05 Å². The minimum Gasteiger partial charge on any atom is -0.295 e. The molecular weight excluding hydrogens is 297 g/mol. The lowest BCUT2D eigenvalue weighted by Crippen LogP contribution is -2.20. The van der Waals surface area contributed by atoms with E-state index in [-0.39, 0.29) is 0 Å². The zero-order valence-electron chi connectivity index (χ0n) is 11.1. The van der Waals surface area contributed by atoms with E-state index >= 15 is 0 Å². The Morgan fingerprint density at radius 2 is 2.10 bits per heavy atom. The molecule has 1 aromatic carbocycles. The molecule has 0 saturated heterocycles. The maximum atomic E-state index is 6.21. The van der Waals surface area contributed by atoms with Gasteiger partial charge in [-0.3, -0.25) is 4.90 Å². The van der Waals surface area contributed by atoms with Crippen LogP contribution < -0.4 is 0 Å². The number of halogens is 2. The molecule has 1 aliphatic rings. The van der Waals surface area contributed by atoms with Gasteiger partial charge in [-0.2, -0.15) is 0 Å². The van der Waals surface area contributed by atoms with Crippen LogP contribution in [0, 0.1) is 0 Å². The van der Waals surface area contributed by atoms with Gasteiger partial charge in [-0.1, -0.05) is 35.3 Å². The normalized spacial score (nSPS) is 15.0. The number of hydrogen-bond donors (Lipinski definition) is 0. The van der Waals surface area contributed by atoms with Gasteiger partial charge >= 0.3 is 0 Å². The minimum absolute atomic E-state index is 0.489. The predicted octanol–water partition coefficient (Wildman–Crippen LogP) is 2.95. The molecule has 1 fully saturated rings. The van der Waals surface area contributed by atoms with Gasteiger partial charge in [-0.15, -0.1) is 5.10 Å². The van der Waals surface area contributed by atoms with E-state index in [1.54, 1.807) is 6.07 Å². The van der Waals surface area contributed by atoms with Crippen LogP contribution in [-0.2, 0) is 13.1 Å². The van der Waals surface area contributed by atoms with E-state index in [2.05, 4.69) is 20.4 Å². The molecule has 7 heteroatoms. The number of rotatable bonds is 5. The average molecular weight is 312 g/mol. The van der Waals surface area contributed by atoms with E-state index in [1.165, 1.54) is 12.8 Å². The quantitative estimate of drug-likeness (QED) is 0.851. The van der Waals surface area contributed by atoms with E-state index in [9.17, 15) is 0 Å². The summed E-state index contributed by atoms with van der Waals surface area (Å²) >= 11 is 12.2. The van der Waals surface area contributed by atoms with Crippen LogP contribution in [0.1, 0.15) is 30.3 Å².